The van der Waals surface area contributed by atoms with E-state index in [0.717, 1.165) is 0 Å². The van der Waals surface area contributed by atoms with Gasteiger partial charge in [-0.05, 0) is 12.1 Å². The van der Waals surface area contributed by atoms with Gasteiger partial charge in [-0.1, -0.05) is 12.2 Å². The Morgan fingerprint density at radius 2 is 1.74 bits per heavy atom. The van der Waals surface area contributed by atoms with E-state index in [-0.39, 0.29) is 10.6 Å². The van der Waals surface area contributed by atoms with E-state index < -0.39 is 36.3 Å². The molecule has 0 amide bonds. The minimum absolute atomic E-state index is 0.182. The van der Waals surface area contributed by atoms with Crippen LogP contribution in [-0.4, -0.2) is 23.9 Å². The monoisotopic (exact) mass is 303 g/mol. The summed E-state index contributed by atoms with van der Waals surface area (Å²) < 4.78 is 79.5. The van der Waals surface area contributed by atoms with Crippen LogP contribution in [0.2, 0.25) is 0 Å². The fourth-order valence-electron chi connectivity index (χ4n) is 1.07. The highest BCUT2D eigenvalue weighted by Gasteiger charge is 2.42. The first-order valence-electron chi connectivity index (χ1n) is 4.72. The van der Waals surface area contributed by atoms with Crippen molar-refractivity contribution in [3.8, 4) is 5.75 Å². The number of hydrogen-bond acceptors (Lipinski definition) is 2. The number of ether oxygens (including phenoxy) is 1. The predicted molar refractivity (Wildman–Crippen MR) is 58.7 cm³/mol. The molecule has 0 aliphatic heterocycles. The number of alkyl halides is 4. The first kappa shape index (κ1) is 15.5. The van der Waals surface area contributed by atoms with Gasteiger partial charge >= 0.3 is 12.3 Å². The molecule has 1 rings (SSSR count). The molecule has 0 aromatic heterocycles. The number of rotatable bonds is 5. The normalized spacial score (nSPS) is 11.7. The Hall–Kier alpha value is -1.51. The average Bonchev–Trinajstić information content (AvgIpc) is 2.27. The van der Waals surface area contributed by atoms with Crippen molar-refractivity contribution in [2.45, 2.75) is 12.3 Å². The van der Waals surface area contributed by atoms with Gasteiger partial charge in [0.1, 0.15) is 4.99 Å². The lowest BCUT2D eigenvalue weighted by Crippen LogP contribution is -2.34. The zero-order valence-electron chi connectivity index (χ0n) is 9.10. The van der Waals surface area contributed by atoms with Crippen LogP contribution in [0.5, 0.6) is 5.75 Å². The molecule has 1 aromatic rings. The molecule has 0 aliphatic carbocycles. The Kier molecular flexibility index (Phi) is 4.61. The second kappa shape index (κ2) is 5.64. The topological polar surface area (TPSA) is 35.2 Å². The van der Waals surface area contributed by atoms with Crippen molar-refractivity contribution in [2.24, 2.45) is 5.73 Å². The molecule has 19 heavy (non-hydrogen) atoms. The number of halogens is 6. The van der Waals surface area contributed by atoms with E-state index in [1.165, 1.54) is 0 Å². The van der Waals surface area contributed by atoms with E-state index in [4.69, 9.17) is 5.73 Å². The average molecular weight is 303 g/mol. The third-order valence-corrected chi connectivity index (χ3v) is 2.25. The summed E-state index contributed by atoms with van der Waals surface area (Å²) in [6.07, 6.45) is -4.01. The minimum Gasteiger partial charge on any atom is -0.481 e. The van der Waals surface area contributed by atoms with Gasteiger partial charge in [-0.3, -0.25) is 0 Å². The zero-order valence-corrected chi connectivity index (χ0v) is 9.92. The number of benzene rings is 1. The van der Waals surface area contributed by atoms with Crippen LogP contribution in [0, 0.1) is 11.6 Å². The molecular formula is C10H7F6NOS. The van der Waals surface area contributed by atoms with Crippen LogP contribution in [0.1, 0.15) is 5.56 Å². The largest absolute Gasteiger partial charge is 0.481 e. The van der Waals surface area contributed by atoms with Crippen LogP contribution in [0.3, 0.4) is 0 Å². The lowest BCUT2D eigenvalue weighted by Gasteiger charge is -2.16. The van der Waals surface area contributed by atoms with Crippen LogP contribution in [0.25, 0.3) is 0 Å². The van der Waals surface area contributed by atoms with Gasteiger partial charge < -0.3 is 10.5 Å². The summed E-state index contributed by atoms with van der Waals surface area (Å²) in [5, 5.41) is 0. The van der Waals surface area contributed by atoms with Gasteiger partial charge in [-0.2, -0.15) is 8.78 Å². The molecule has 0 saturated carbocycles. The van der Waals surface area contributed by atoms with Crippen LogP contribution in [-0.2, 0) is 0 Å². The fourth-order valence-corrected chi connectivity index (χ4v) is 1.19. The smallest absolute Gasteiger partial charge is 0.340 e. The van der Waals surface area contributed by atoms with Gasteiger partial charge in [0, 0.05) is 5.56 Å². The SMILES string of the molecule is NC(=S)c1cc(F)c(OCC(F)(F)C(F)F)c(F)c1. The molecule has 0 aliphatic rings. The lowest BCUT2D eigenvalue weighted by atomic mass is 10.2. The summed E-state index contributed by atoms with van der Waals surface area (Å²) in [4.78, 5) is -0.317. The first-order chi connectivity index (χ1) is 8.65. The summed E-state index contributed by atoms with van der Waals surface area (Å²) in [5.74, 6) is -8.44. The second-order valence-electron chi connectivity index (χ2n) is 3.48. The quantitative estimate of drug-likeness (QED) is 0.671. The van der Waals surface area contributed by atoms with E-state index in [2.05, 4.69) is 17.0 Å². The molecule has 0 fully saturated rings. The minimum atomic E-state index is -4.51. The van der Waals surface area contributed by atoms with Crippen molar-refractivity contribution in [2.75, 3.05) is 6.61 Å². The Morgan fingerprint density at radius 3 is 2.11 bits per heavy atom. The summed E-state index contributed by atoms with van der Waals surface area (Å²) in [6.45, 7) is -1.86. The van der Waals surface area contributed by atoms with Crippen molar-refractivity contribution < 1.29 is 31.1 Å². The van der Waals surface area contributed by atoms with Crippen molar-refractivity contribution in [3.63, 3.8) is 0 Å². The van der Waals surface area contributed by atoms with Gasteiger partial charge in [0.25, 0.3) is 0 Å². The molecular weight excluding hydrogens is 296 g/mol. The van der Waals surface area contributed by atoms with Crippen LogP contribution >= 0.6 is 12.2 Å². The van der Waals surface area contributed by atoms with Crippen LogP contribution in [0.4, 0.5) is 26.3 Å². The highest BCUT2D eigenvalue weighted by atomic mass is 32.1. The molecule has 1 aromatic carbocycles. The third kappa shape index (κ3) is 3.72. The highest BCUT2D eigenvalue weighted by Crippen LogP contribution is 2.28. The molecule has 0 unspecified atom stereocenters. The molecule has 0 atom stereocenters. The molecule has 0 bridgehead atoms. The van der Waals surface area contributed by atoms with E-state index in [1.807, 2.05) is 0 Å². The third-order valence-electron chi connectivity index (χ3n) is 2.01. The molecule has 106 valence electrons. The molecule has 2 N–H and O–H groups in total. The molecule has 9 heteroatoms. The first-order valence-corrected chi connectivity index (χ1v) is 5.13. The summed E-state index contributed by atoms with van der Waals surface area (Å²) in [5.41, 5.74) is 4.94. The van der Waals surface area contributed by atoms with Gasteiger partial charge in [0.2, 0.25) is 0 Å². The molecule has 0 spiro atoms. The van der Waals surface area contributed by atoms with E-state index in [1.54, 1.807) is 0 Å². The molecule has 2 nitrogen and oxygen atoms in total. The number of hydrogen-bond donors (Lipinski definition) is 1. The molecule has 0 radical (unpaired) electrons. The Bertz CT molecular complexity index is 470. The summed E-state index contributed by atoms with van der Waals surface area (Å²) >= 11 is 4.47. The Labute approximate surface area is 109 Å². The van der Waals surface area contributed by atoms with Crippen molar-refractivity contribution in [1.29, 1.82) is 0 Å². The maximum absolute atomic E-state index is 13.3. The number of nitrogens with two attached hydrogens (primary N) is 1. The van der Waals surface area contributed by atoms with Gasteiger partial charge in [-0.15, -0.1) is 0 Å². The predicted octanol–water partition coefficient (Wildman–Crippen LogP) is 2.88. The standard InChI is InChI=1S/C10H7F6NOS/c11-5-1-4(8(17)19)2-6(12)7(5)18-3-10(15,16)9(13)14/h1-2,9H,3H2,(H2,17,19). The summed E-state index contributed by atoms with van der Waals surface area (Å²) in [6, 6.07) is 1.31. The lowest BCUT2D eigenvalue weighted by molar-refractivity contribution is -0.148. The Morgan fingerprint density at radius 1 is 1.26 bits per heavy atom. The van der Waals surface area contributed by atoms with Crippen molar-refractivity contribution in [1.82, 2.24) is 0 Å². The maximum Gasteiger partial charge on any atom is 0.340 e. The van der Waals surface area contributed by atoms with Crippen molar-refractivity contribution >= 4 is 17.2 Å². The molecule has 0 saturated heterocycles. The van der Waals surface area contributed by atoms with E-state index >= 15 is 0 Å². The van der Waals surface area contributed by atoms with Crippen LogP contribution in [0.15, 0.2) is 12.1 Å². The number of thiocarbonyl (C=S) groups is 1. The van der Waals surface area contributed by atoms with Gasteiger partial charge in [-0.25, -0.2) is 17.6 Å². The van der Waals surface area contributed by atoms with Gasteiger partial charge in [0.15, 0.2) is 24.0 Å². The van der Waals surface area contributed by atoms with Gasteiger partial charge in [0.05, 0.1) is 0 Å². The fraction of sp³-hybridized carbons (Fsp3) is 0.300. The second-order valence-corrected chi connectivity index (χ2v) is 3.92. The highest BCUT2D eigenvalue weighted by molar-refractivity contribution is 7.80. The Balaban J connectivity index is 2.94. The van der Waals surface area contributed by atoms with E-state index in [9.17, 15) is 26.3 Å². The maximum atomic E-state index is 13.3. The van der Waals surface area contributed by atoms with Crippen LogP contribution < -0.4 is 10.5 Å². The zero-order chi connectivity index (χ0) is 14.8. The van der Waals surface area contributed by atoms with E-state index in [0.29, 0.717) is 12.1 Å². The summed E-state index contributed by atoms with van der Waals surface area (Å²) in [7, 11) is 0. The molecule has 0 heterocycles. The van der Waals surface area contributed by atoms with Crippen molar-refractivity contribution in [3.05, 3.63) is 29.3 Å².